The van der Waals surface area contributed by atoms with Crippen molar-refractivity contribution in [3.63, 3.8) is 0 Å². The summed E-state index contributed by atoms with van der Waals surface area (Å²) in [6.07, 6.45) is -3.76. The first-order valence-electron chi connectivity index (χ1n) is 27.9. The van der Waals surface area contributed by atoms with E-state index in [1.807, 2.05) is 27.7 Å². The minimum Gasteiger partial charge on any atom is -0.497 e. The lowest BCUT2D eigenvalue weighted by atomic mass is 9.91. The predicted octanol–water partition coefficient (Wildman–Crippen LogP) is 2.52. The Bertz CT molecular complexity index is 2380. The standard InChI is InChI=1S/C57H87N7O15/c1-15-33(8)46-44(66)29-45(67)79-49(32(6)7)48(68)34(9)50(69)58-39(26-30(2)3)54(73)64-25-17-19-41(64)56(75)62(13)43(28-37-20-22-38(77-14)23-21-37)57(76)78-36(11)47(52(71)59-46)60-51(70)42(27-31(4)5)61(12)55(74)40-18-16-24-63(40)53(72)35(10)65/h20-23,30-34,36,39-44,46-47,49,66H,15-19,24-29H2,1-14H3,(H,58,69)(H,59,71)(H,60,70)/t33-,34-,36+,39-,40?,41-,42+,43-,44-,46+,47-,49-/m0/s1. The van der Waals surface area contributed by atoms with Crippen molar-refractivity contribution in [1.29, 1.82) is 0 Å². The fraction of sp³-hybridized carbons (Fsp3) is 0.702. The van der Waals surface area contributed by atoms with Gasteiger partial charge in [0.1, 0.15) is 48.1 Å². The number of amides is 7. The Labute approximate surface area is 465 Å². The lowest BCUT2D eigenvalue weighted by Crippen LogP contribution is -2.62. The van der Waals surface area contributed by atoms with Gasteiger partial charge in [-0.1, -0.05) is 73.9 Å². The van der Waals surface area contributed by atoms with Crippen LogP contribution in [0.25, 0.3) is 0 Å². The van der Waals surface area contributed by atoms with Crippen LogP contribution in [0, 0.1) is 29.6 Å². The van der Waals surface area contributed by atoms with Gasteiger partial charge >= 0.3 is 11.9 Å². The van der Waals surface area contributed by atoms with Crippen molar-refractivity contribution >= 4 is 64.9 Å². The average Bonchev–Trinajstić information content (AvgIpc) is 4.13. The molecule has 4 rings (SSSR count). The second-order valence-electron chi connectivity index (χ2n) is 22.8. The number of aliphatic hydroxyl groups excluding tert-OH is 1. The molecule has 0 spiro atoms. The van der Waals surface area contributed by atoms with Gasteiger partial charge in [0.05, 0.1) is 31.6 Å². The lowest BCUT2D eigenvalue weighted by Gasteiger charge is -2.36. The Morgan fingerprint density at radius 3 is 2.06 bits per heavy atom. The molecule has 22 heteroatoms. The van der Waals surface area contributed by atoms with Crippen LogP contribution < -0.4 is 20.7 Å². The number of rotatable bonds is 15. The highest BCUT2D eigenvalue weighted by molar-refractivity contribution is 6.35. The summed E-state index contributed by atoms with van der Waals surface area (Å²) >= 11 is 0. The van der Waals surface area contributed by atoms with Gasteiger partial charge in [-0.25, -0.2) is 4.79 Å². The number of nitrogens with zero attached hydrogens (tertiary/aromatic N) is 4. The third kappa shape index (κ3) is 16.8. The number of hydrogen-bond acceptors (Lipinski definition) is 15. The predicted molar refractivity (Wildman–Crippen MR) is 289 cm³/mol. The molecule has 0 aromatic heterocycles. The van der Waals surface area contributed by atoms with Crippen LogP contribution in [0.5, 0.6) is 5.75 Å². The van der Waals surface area contributed by atoms with E-state index in [0.717, 1.165) is 6.92 Å². The molecule has 3 saturated heterocycles. The molecule has 3 aliphatic heterocycles. The van der Waals surface area contributed by atoms with Gasteiger partial charge in [0.2, 0.25) is 41.2 Å². The quantitative estimate of drug-likeness (QED) is 0.112. The number of carbonyl (C=O) groups excluding carboxylic acids is 11. The number of cyclic esters (lactones) is 2. The van der Waals surface area contributed by atoms with Crippen LogP contribution in [0.4, 0.5) is 0 Å². The molecule has 0 saturated carbocycles. The number of ketones is 2. The highest BCUT2D eigenvalue weighted by Gasteiger charge is 2.46. The van der Waals surface area contributed by atoms with Crippen molar-refractivity contribution in [2.45, 2.75) is 195 Å². The van der Waals surface area contributed by atoms with Crippen LogP contribution in [0.1, 0.15) is 133 Å². The molecule has 440 valence electrons. The summed E-state index contributed by atoms with van der Waals surface area (Å²) in [7, 11) is 4.26. The molecule has 1 aromatic rings. The zero-order valence-corrected chi connectivity index (χ0v) is 48.7. The van der Waals surface area contributed by atoms with E-state index in [-0.39, 0.29) is 57.0 Å². The number of likely N-dealkylation sites (N-methyl/N-ethyl adjacent to an activating group) is 2. The number of hydrogen-bond donors (Lipinski definition) is 4. The van der Waals surface area contributed by atoms with Crippen LogP contribution in [-0.2, 0) is 68.6 Å². The Balaban J connectivity index is 1.89. The first-order valence-corrected chi connectivity index (χ1v) is 27.9. The maximum Gasteiger partial charge on any atom is 0.329 e. The maximum absolute atomic E-state index is 15.0. The maximum atomic E-state index is 15.0. The third-order valence-electron chi connectivity index (χ3n) is 15.4. The number of Topliss-reactive ketones (excluding diaryl/α,β-unsaturated/α-hetero) is 2. The summed E-state index contributed by atoms with van der Waals surface area (Å²) in [6, 6.07) is -2.32. The zero-order chi connectivity index (χ0) is 59.3. The Morgan fingerprint density at radius 1 is 0.861 bits per heavy atom. The van der Waals surface area contributed by atoms with Gasteiger partial charge in [-0.05, 0) is 93.7 Å². The number of likely N-dealkylation sites (tertiary alicyclic amines) is 1. The van der Waals surface area contributed by atoms with E-state index in [1.54, 1.807) is 52.0 Å². The summed E-state index contributed by atoms with van der Waals surface area (Å²) in [5.74, 6) is -11.3. The van der Waals surface area contributed by atoms with Gasteiger partial charge < -0.3 is 54.9 Å². The monoisotopic (exact) mass is 1110 g/mol. The van der Waals surface area contributed by atoms with Gasteiger partial charge in [0, 0.05) is 40.5 Å². The van der Waals surface area contributed by atoms with E-state index in [4.69, 9.17) is 14.2 Å². The molecule has 79 heavy (non-hydrogen) atoms. The number of esters is 2. The molecule has 7 amide bonds. The molecule has 1 aromatic carbocycles. The van der Waals surface area contributed by atoms with Crippen LogP contribution in [0.3, 0.4) is 0 Å². The molecule has 3 fully saturated rings. The van der Waals surface area contributed by atoms with Crippen LogP contribution in [0.2, 0.25) is 0 Å². The fourth-order valence-electron chi connectivity index (χ4n) is 10.5. The molecular weight excluding hydrogens is 1020 g/mol. The minimum atomic E-state index is -1.78. The van der Waals surface area contributed by atoms with E-state index in [0.29, 0.717) is 30.6 Å². The largest absolute Gasteiger partial charge is 0.497 e. The molecule has 0 radical (unpaired) electrons. The number of aliphatic hydroxyl groups is 1. The molecule has 0 bridgehead atoms. The molecule has 3 heterocycles. The average molecular weight is 1110 g/mol. The number of methoxy groups -OCH3 is 1. The Hall–Kier alpha value is -6.45. The van der Waals surface area contributed by atoms with E-state index in [2.05, 4.69) is 16.0 Å². The molecule has 3 aliphatic rings. The van der Waals surface area contributed by atoms with E-state index < -0.39 is 150 Å². The summed E-state index contributed by atoms with van der Waals surface area (Å²) in [5, 5.41) is 20.1. The molecular formula is C57H87N7O15. The second kappa shape index (κ2) is 29.1. The van der Waals surface area contributed by atoms with E-state index in [1.165, 1.54) is 54.7 Å². The number of carbonyl (C=O) groups is 11. The van der Waals surface area contributed by atoms with Gasteiger partial charge in [-0.2, -0.15) is 0 Å². The van der Waals surface area contributed by atoms with E-state index in [9.17, 15) is 57.8 Å². The second-order valence-corrected chi connectivity index (χ2v) is 22.8. The minimum absolute atomic E-state index is 0.0545. The number of nitrogens with one attached hydrogen (secondary N) is 3. The number of benzene rings is 1. The molecule has 22 nitrogen and oxygen atoms in total. The molecule has 0 aliphatic carbocycles. The van der Waals surface area contributed by atoms with Crippen molar-refractivity contribution in [3.05, 3.63) is 29.8 Å². The van der Waals surface area contributed by atoms with Gasteiger partial charge in [0.25, 0.3) is 5.91 Å². The Kier molecular flexibility index (Phi) is 24.0. The lowest BCUT2D eigenvalue weighted by molar-refractivity contribution is -0.163. The molecule has 4 N–H and O–H groups in total. The highest BCUT2D eigenvalue weighted by Crippen LogP contribution is 2.27. The summed E-state index contributed by atoms with van der Waals surface area (Å²) in [4.78, 5) is 160. The zero-order valence-electron chi connectivity index (χ0n) is 48.7. The van der Waals surface area contributed by atoms with Crippen LogP contribution in [0.15, 0.2) is 24.3 Å². The normalized spacial score (nSPS) is 27.2. The third-order valence-corrected chi connectivity index (χ3v) is 15.4. The number of fused-ring (bicyclic) bond motifs is 1. The first-order chi connectivity index (χ1) is 37.0. The topological polar surface area (TPSA) is 285 Å². The first kappa shape index (κ1) is 65.1. The summed E-state index contributed by atoms with van der Waals surface area (Å²) < 4.78 is 17.2. The Morgan fingerprint density at radius 2 is 1.49 bits per heavy atom. The van der Waals surface area contributed by atoms with Crippen molar-refractivity contribution in [3.8, 4) is 5.75 Å². The molecule has 1 unspecified atom stereocenters. The summed E-state index contributed by atoms with van der Waals surface area (Å²) in [6.45, 7) is 18.1. The van der Waals surface area contributed by atoms with Crippen molar-refractivity contribution in [2.75, 3.05) is 34.3 Å². The van der Waals surface area contributed by atoms with Gasteiger partial charge in [-0.3, -0.25) is 47.9 Å². The van der Waals surface area contributed by atoms with Crippen molar-refractivity contribution in [1.82, 2.24) is 35.6 Å². The molecule has 12 atom stereocenters. The van der Waals surface area contributed by atoms with Crippen molar-refractivity contribution in [2.24, 2.45) is 29.6 Å². The number of ether oxygens (including phenoxy) is 3. The van der Waals surface area contributed by atoms with E-state index >= 15 is 0 Å². The fourth-order valence-corrected chi connectivity index (χ4v) is 10.5. The summed E-state index contributed by atoms with van der Waals surface area (Å²) in [5.41, 5.74) is 0.566. The van der Waals surface area contributed by atoms with Crippen molar-refractivity contribution < 1.29 is 72.1 Å². The van der Waals surface area contributed by atoms with Crippen LogP contribution in [-0.4, -0.2) is 184 Å². The van der Waals surface area contributed by atoms with Gasteiger partial charge in [0.15, 0.2) is 11.9 Å². The smallest absolute Gasteiger partial charge is 0.329 e. The SMILES string of the molecule is CC[C@H](C)[C@H]1NC(=O)[C@@H](NC(=O)[C@@H](CC(C)C)N(C)C(=O)C2CCCN2C(=O)C(C)=O)[C@@H](C)OC(=O)[C@H](Cc2ccc(OC)cc2)N(C)C(=O)[C@@H]2CCCN2C(=O)[C@H](CC(C)C)NC(=O)[C@@H](C)C(=O)[C@H](C(C)C)OC(=O)C[C@@H]1O. The van der Waals surface area contributed by atoms with Gasteiger partial charge in [-0.15, -0.1) is 0 Å². The highest BCUT2D eigenvalue weighted by atomic mass is 16.6. The van der Waals surface area contributed by atoms with Crippen LogP contribution >= 0.6 is 0 Å².